The molecule has 16 rings (SSSR count). The van der Waals surface area contributed by atoms with E-state index in [-0.39, 0.29) is 200 Å². The summed E-state index contributed by atoms with van der Waals surface area (Å²) in [4.78, 5) is 74.2. The maximum atomic E-state index is 14.7. The van der Waals surface area contributed by atoms with E-state index in [2.05, 4.69) is 103 Å². The smallest absolute Gasteiger partial charge is 0.321 e. The van der Waals surface area contributed by atoms with Crippen molar-refractivity contribution in [1.82, 2.24) is 9.80 Å². The van der Waals surface area contributed by atoms with Crippen molar-refractivity contribution in [3.8, 4) is 23.3 Å². The topological polar surface area (TPSA) is 291 Å². The van der Waals surface area contributed by atoms with E-state index in [1.54, 1.807) is 91.2 Å². The Kier molecular flexibility index (Phi) is 37.2. The van der Waals surface area contributed by atoms with Gasteiger partial charge in [0.2, 0.25) is 6.10 Å². The third kappa shape index (κ3) is 24.0. The van der Waals surface area contributed by atoms with Crippen LogP contribution in [-0.2, 0) is 110 Å². The van der Waals surface area contributed by atoms with Gasteiger partial charge in [-0.1, -0.05) is 129 Å². The third-order valence-electron chi connectivity index (χ3n) is 32.4. The molecule has 0 aromatic heterocycles. The van der Waals surface area contributed by atoms with Crippen molar-refractivity contribution >= 4 is 52.7 Å². The Labute approximate surface area is 827 Å². The predicted molar refractivity (Wildman–Crippen MR) is 519 cm³/mol. The number of rotatable bonds is 26. The number of para-hydroxylation sites is 1. The van der Waals surface area contributed by atoms with Crippen LogP contribution in [0, 0.1) is 82.3 Å². The minimum absolute atomic E-state index is 0.0364. The third-order valence-corrected chi connectivity index (χ3v) is 33.3. The number of allylic oxidation sites excluding steroid dienone is 8. The number of fused-ring (bicyclic) bond motifs is 10. The molecule has 7 aliphatic carbocycles. The Morgan fingerprint density at radius 3 is 1.46 bits per heavy atom. The van der Waals surface area contributed by atoms with E-state index in [1.807, 2.05) is 71.0 Å². The average Bonchev–Trinajstić information content (AvgIpc) is 1.53. The highest BCUT2D eigenvalue weighted by molar-refractivity contribution is 6.54. The summed E-state index contributed by atoms with van der Waals surface area (Å²) in [6.07, 6.45) is 18.4. The van der Waals surface area contributed by atoms with Crippen molar-refractivity contribution in [3.63, 3.8) is 0 Å². The van der Waals surface area contributed by atoms with E-state index in [0.717, 1.165) is 101 Å². The Hall–Kier alpha value is -6.60. The number of benzene rings is 3. The van der Waals surface area contributed by atoms with Crippen LogP contribution in [0.25, 0.3) is 0 Å². The number of nitrogens with zero attached hydrogens (tertiary/aromatic N) is 3. The molecule has 0 spiro atoms. The second-order valence-corrected chi connectivity index (χ2v) is 42.6. The Morgan fingerprint density at radius 2 is 0.993 bits per heavy atom. The summed E-state index contributed by atoms with van der Waals surface area (Å²) in [5, 5.41) is 9.74. The first-order valence-corrected chi connectivity index (χ1v) is 51.6. The lowest BCUT2D eigenvalue weighted by molar-refractivity contribution is -0.314. The fraction of sp³-hybridized carbons (Fsp3) is 0.706. The number of likely N-dealkylation sites (N-methyl/N-ethyl adjacent to an activating group) is 2. The highest BCUT2D eigenvalue weighted by Gasteiger charge is 2.74. The highest BCUT2D eigenvalue weighted by Crippen LogP contribution is 2.66. The molecule has 9 fully saturated rings. The molecule has 6 aliphatic heterocycles. The van der Waals surface area contributed by atoms with Crippen LogP contribution in [0.1, 0.15) is 208 Å². The molecule has 13 aliphatic rings. The second-order valence-electron chi connectivity index (χ2n) is 41.1. The maximum Gasteiger partial charge on any atom is 0.321 e. The van der Waals surface area contributed by atoms with Gasteiger partial charge in [-0.05, 0) is 273 Å². The van der Waals surface area contributed by atoms with Gasteiger partial charge in [0.15, 0.2) is 36.7 Å². The largest absolute Gasteiger partial charge is 0.494 e. The van der Waals surface area contributed by atoms with Gasteiger partial charge < -0.3 is 99.8 Å². The lowest BCUT2D eigenvalue weighted by atomic mass is 9.67. The molecular weight excluding hydrogens is 1810 g/mol. The van der Waals surface area contributed by atoms with Crippen molar-refractivity contribution in [1.29, 1.82) is 5.26 Å². The van der Waals surface area contributed by atoms with E-state index in [9.17, 15) is 29.2 Å². The van der Waals surface area contributed by atoms with Crippen LogP contribution >= 0.6 is 23.2 Å². The van der Waals surface area contributed by atoms with Gasteiger partial charge in [-0.15, -0.1) is 0 Å². The average molecular weight is 1960 g/mol. The van der Waals surface area contributed by atoms with Gasteiger partial charge in [0.1, 0.15) is 81.9 Å². The zero-order valence-corrected chi connectivity index (χ0v) is 86.1. The Balaban J connectivity index is 0.000000170. The van der Waals surface area contributed by atoms with Crippen LogP contribution in [0.2, 0.25) is 0 Å². The maximum absolute atomic E-state index is 14.7. The summed E-state index contributed by atoms with van der Waals surface area (Å²) in [6, 6.07) is 25.8. The van der Waals surface area contributed by atoms with Gasteiger partial charge in [-0.2, -0.15) is 5.26 Å². The van der Waals surface area contributed by atoms with Crippen molar-refractivity contribution in [2.75, 3.05) is 77.5 Å². The summed E-state index contributed by atoms with van der Waals surface area (Å²) in [5.41, 5.74) is 2.67. The van der Waals surface area contributed by atoms with Crippen LogP contribution in [-0.4, -0.2) is 256 Å². The summed E-state index contributed by atoms with van der Waals surface area (Å²) in [7, 11) is 18.3. The first-order chi connectivity index (χ1) is 66.2. The molecule has 0 amide bonds. The molecule has 6 heterocycles. The number of alkyl halides is 2. The number of hydrogen-bond donors (Lipinski definition) is 0. The summed E-state index contributed by atoms with van der Waals surface area (Å²) in [5.74, 6) is 1.22. The lowest BCUT2D eigenvalue weighted by Gasteiger charge is -2.44. The number of esters is 3. The van der Waals surface area contributed by atoms with Gasteiger partial charge in [0.05, 0.1) is 68.3 Å². The first kappa shape index (κ1) is 107. The molecular formula is C109H153Cl2N3O24. The quantitative estimate of drug-likeness (QED) is 0.0312. The normalized spacial score (nSPS) is 39.2. The minimum atomic E-state index is -1.32. The van der Waals surface area contributed by atoms with Crippen LogP contribution in [0.3, 0.4) is 0 Å². The van der Waals surface area contributed by atoms with Crippen LogP contribution in [0.15, 0.2) is 126 Å². The van der Waals surface area contributed by atoms with Crippen molar-refractivity contribution in [2.45, 2.75) is 342 Å². The lowest BCUT2D eigenvalue weighted by Crippen LogP contribution is -2.59. The van der Waals surface area contributed by atoms with E-state index in [1.165, 1.54) is 5.57 Å². The van der Waals surface area contributed by atoms with Gasteiger partial charge >= 0.3 is 17.9 Å². The molecule has 0 radical (unpaired) electrons. The molecule has 762 valence electrons. The second kappa shape index (κ2) is 47.9. The molecule has 0 N–H and O–H groups in total. The molecule has 3 saturated carbocycles. The molecule has 3 aromatic rings. The predicted octanol–water partition coefficient (Wildman–Crippen LogP) is 17.9. The van der Waals surface area contributed by atoms with Gasteiger partial charge in [0.25, 0.3) is 0 Å². The molecule has 36 atom stereocenters. The number of ketones is 2. The summed E-state index contributed by atoms with van der Waals surface area (Å²) >= 11 is 12.8. The van der Waals surface area contributed by atoms with Crippen LogP contribution < -0.4 is 9.47 Å². The molecule has 0 bridgehead atoms. The van der Waals surface area contributed by atoms with Crippen molar-refractivity contribution < 1.29 is 114 Å². The number of carbonyl (C=O) groups excluding carboxylic acids is 5. The van der Waals surface area contributed by atoms with Crippen LogP contribution in [0.5, 0.6) is 17.2 Å². The molecule has 3 aromatic carbocycles. The van der Waals surface area contributed by atoms with E-state index >= 15 is 0 Å². The van der Waals surface area contributed by atoms with E-state index in [0.29, 0.717) is 71.7 Å². The van der Waals surface area contributed by atoms with E-state index < -0.39 is 46.6 Å². The zero-order valence-electron chi connectivity index (χ0n) is 84.6. The number of hydrogen-bond acceptors (Lipinski definition) is 27. The minimum Gasteiger partial charge on any atom is -0.494 e. The number of nitriles is 1. The van der Waals surface area contributed by atoms with Crippen molar-refractivity contribution in [3.05, 3.63) is 137 Å². The molecule has 2 unspecified atom stereocenters. The molecule has 27 nitrogen and oxygen atoms in total. The number of cyclic esters (lactones) is 2. The summed E-state index contributed by atoms with van der Waals surface area (Å²) in [6.45, 7) is 21.0. The van der Waals surface area contributed by atoms with Gasteiger partial charge in [-0.3, -0.25) is 24.0 Å². The zero-order chi connectivity index (χ0) is 98.9. The first-order valence-electron chi connectivity index (χ1n) is 50.8. The van der Waals surface area contributed by atoms with Gasteiger partial charge in [-0.25, -0.2) is 0 Å². The fourth-order valence-electron chi connectivity index (χ4n) is 24.9. The molecule has 29 heteroatoms. The highest BCUT2D eigenvalue weighted by atomic mass is 35.5. The molecule has 138 heavy (non-hydrogen) atoms. The number of carbonyl (C=O) groups is 5. The van der Waals surface area contributed by atoms with E-state index in [4.69, 9.17) is 113 Å². The monoisotopic (exact) mass is 1960 g/mol. The number of ether oxygens (including phenoxy) is 19. The molecule has 6 saturated heterocycles. The SMILES string of the molecule is CCOc1ccc(C2(C(=O)OC(C#N)c3cccc(Oc4ccccc4)c3)CC2(Cl)Cl)cc1.CC[C@H]1CCC[C@H](O[C@H]2CC[C@H](N(C)C)[C@@H](C)O2)[C@@H](C)C(=O)C2=C[C@@H]3[C@@H](C=C(C)[C@@H]4C[C@@H](O[C@@H]5O[C@@H](C)[C@H](OC)[C@@H](OC)[C@H]5OC)C[C@@H]34)[C@@H]2CC(=O)O1.CC[C@H]1CCC[C@H](O[C@H]2CC[C@H](N(C)C)[C@@H](C)O2)[C@@H](C)C(=O)C2=C[C@@H]3[C@@H](C=C[C@@H]4C[C@@H](O[C@@H]5O[C@@H](C)[C@H](OC)[C@@H](OC)[C@H]5OC)C[C@@H]34)[C@@H]2CC(=O)O1. The Morgan fingerprint density at radius 1 is 0.507 bits per heavy atom. The number of Topliss-reactive ketones (excluding diaryl/α,β-unsaturated/α-hetero) is 2. The standard InChI is InChI=1S/C42H67NO10.C41H65NO10.C26H21Cl2NO4/c1-11-26-13-12-14-35(53-37-16-15-34(43(6)7)24(4)49-37)23(3)38(45)33-20-31-29(32(33)21-36(44)51-26)17-22(2)28-18-27(19-30(28)31)52-42-41(48-10)40(47-9)39(46-8)25(5)50-42;1-10-26-12-11-13-34(52-36-17-16-33(42(5)6)23(3)48-36)22(2)37(44)32-20-30-28(31(32)21-35(43)50-26)15-14-25-18-27(19-29(25)30)51-41-40(47-9)39(46-8)38(45-7)24(4)49-41;1-2-31-20-13-11-19(12-14-20)25(17-26(25,27)28)24(30)33-23(16-29)18-7-6-10-22(15-18)32-21-8-4-3-5-9-21/h17,20,23-32,34-35,37,39-42H,11-16,18-19,21H2,1-10H3;14-15,20,22-31,33-34,36,38-41H,10-13,16-19,21H2,1-9H3;3-15,23H,2,17H2,1H3/t23-,24-,25+,26+,27-,28+,29-,30-,31-,32+,34+,35+,37+,39+,40-,41-,42+;22-,23-,24+,25-,26+,27-,28-,29-,30-,31+,33+,34+,36+,38+,39-,40-,41+;/m11./s1. The summed E-state index contributed by atoms with van der Waals surface area (Å²) < 4.78 is 115. The van der Waals surface area contributed by atoms with Gasteiger partial charge in [0, 0.05) is 90.4 Å². The Bertz CT molecular complexity index is 4720. The van der Waals surface area contributed by atoms with Crippen LogP contribution in [0.4, 0.5) is 0 Å². The number of halogens is 2. The fourth-order valence-corrected chi connectivity index (χ4v) is 25.6. The number of methoxy groups -OCH3 is 6. The van der Waals surface area contributed by atoms with Crippen molar-refractivity contribution in [2.24, 2.45) is 71.0 Å².